The molecule has 0 bridgehead atoms. The fourth-order valence-corrected chi connectivity index (χ4v) is 2.31. The third kappa shape index (κ3) is 4.96. The Hall–Kier alpha value is -0.580. The zero-order valence-corrected chi connectivity index (χ0v) is 10.9. The average molecular weight is 246 g/mol. The molecule has 94 valence electrons. The van der Waals surface area contributed by atoms with Crippen LogP contribution in [0.4, 0.5) is 4.79 Å². The summed E-state index contributed by atoms with van der Waals surface area (Å²) in [5.41, 5.74) is 0. The monoisotopic (exact) mass is 246 g/mol. The lowest BCUT2D eigenvalue weighted by molar-refractivity contribution is 0.237. The molecule has 2 atom stereocenters. The Morgan fingerprint density at radius 3 is 2.62 bits per heavy atom. The topological polar surface area (TPSA) is 58.2 Å². The molecule has 4 nitrogen and oxygen atoms in total. The van der Waals surface area contributed by atoms with Crippen LogP contribution in [0.5, 0.6) is 0 Å². The predicted molar refractivity (Wildman–Crippen MR) is 66.9 cm³/mol. The smallest absolute Gasteiger partial charge is 0.315 e. The molecule has 0 aromatic carbocycles. The maximum Gasteiger partial charge on any atom is 0.315 e. The molecule has 2 unspecified atom stereocenters. The molecule has 0 heterocycles. The summed E-state index contributed by atoms with van der Waals surface area (Å²) in [5.74, 6) is 0. The van der Waals surface area contributed by atoms with Gasteiger partial charge in [0.15, 0.2) is 0 Å². The minimum Gasteiger partial charge on any atom is -0.338 e. The molecule has 2 N–H and O–H groups in total. The van der Waals surface area contributed by atoms with Gasteiger partial charge in [-0.25, -0.2) is 4.79 Å². The maximum atomic E-state index is 11.5. The minimum absolute atomic E-state index is 0.0824. The molecule has 0 aromatic rings. The van der Waals surface area contributed by atoms with E-state index in [0.717, 1.165) is 19.3 Å². The summed E-state index contributed by atoms with van der Waals surface area (Å²) in [4.78, 5) is 11.5. The van der Waals surface area contributed by atoms with Crippen LogP contribution in [-0.4, -0.2) is 34.3 Å². The van der Waals surface area contributed by atoms with Crippen LogP contribution in [0.2, 0.25) is 0 Å². The van der Waals surface area contributed by atoms with Gasteiger partial charge in [0.1, 0.15) is 0 Å². The van der Waals surface area contributed by atoms with Gasteiger partial charge in [0, 0.05) is 34.9 Å². The molecule has 0 aliphatic heterocycles. The summed E-state index contributed by atoms with van der Waals surface area (Å²) in [5, 5.41) is 5.91. The zero-order valence-electron chi connectivity index (χ0n) is 10.1. The lowest BCUT2D eigenvalue weighted by Gasteiger charge is -2.14. The van der Waals surface area contributed by atoms with Gasteiger partial charge >= 0.3 is 6.03 Å². The van der Waals surface area contributed by atoms with E-state index >= 15 is 0 Å². The van der Waals surface area contributed by atoms with Crippen molar-refractivity contribution in [1.29, 1.82) is 0 Å². The Balaban J connectivity index is 2.08. The van der Waals surface area contributed by atoms with E-state index in [0.29, 0.717) is 12.6 Å². The van der Waals surface area contributed by atoms with Crippen molar-refractivity contribution in [2.75, 3.05) is 12.8 Å². The predicted octanol–water partition coefficient (Wildman–Crippen LogP) is 1.39. The van der Waals surface area contributed by atoms with E-state index in [1.165, 1.54) is 12.8 Å². The van der Waals surface area contributed by atoms with Crippen LogP contribution in [0.25, 0.3) is 0 Å². The molecule has 1 aliphatic carbocycles. The van der Waals surface area contributed by atoms with E-state index in [1.807, 2.05) is 6.92 Å². The van der Waals surface area contributed by atoms with Crippen LogP contribution >= 0.6 is 0 Å². The van der Waals surface area contributed by atoms with E-state index in [9.17, 15) is 9.00 Å². The standard InChI is InChI=1S/C11H22N2O2S/c1-9(16(2)15)7-8-12-11(14)13-10-5-3-4-6-10/h9-10H,3-8H2,1-2H3,(H2,12,13,14). The number of amides is 2. The Morgan fingerprint density at radius 1 is 1.44 bits per heavy atom. The van der Waals surface area contributed by atoms with Gasteiger partial charge in [-0.15, -0.1) is 0 Å². The first-order chi connectivity index (χ1) is 7.59. The van der Waals surface area contributed by atoms with Crippen molar-refractivity contribution in [3.8, 4) is 0 Å². The highest BCUT2D eigenvalue weighted by Gasteiger charge is 2.16. The molecule has 5 heteroatoms. The third-order valence-electron chi connectivity index (χ3n) is 3.09. The van der Waals surface area contributed by atoms with Gasteiger partial charge in [0.2, 0.25) is 0 Å². The molecule has 1 rings (SSSR count). The summed E-state index contributed by atoms with van der Waals surface area (Å²) < 4.78 is 11.1. The first-order valence-electron chi connectivity index (χ1n) is 5.96. The van der Waals surface area contributed by atoms with Crippen LogP contribution in [0.3, 0.4) is 0 Å². The Morgan fingerprint density at radius 2 is 2.06 bits per heavy atom. The maximum absolute atomic E-state index is 11.5. The van der Waals surface area contributed by atoms with Gasteiger partial charge < -0.3 is 10.6 Å². The van der Waals surface area contributed by atoms with Crippen LogP contribution in [0.15, 0.2) is 0 Å². The molecule has 0 aromatic heterocycles. The van der Waals surface area contributed by atoms with E-state index in [-0.39, 0.29) is 11.3 Å². The molecule has 0 radical (unpaired) electrons. The van der Waals surface area contributed by atoms with Crippen LogP contribution in [0, 0.1) is 0 Å². The second kappa shape index (κ2) is 6.89. The van der Waals surface area contributed by atoms with E-state index in [1.54, 1.807) is 6.26 Å². The second-order valence-corrected chi connectivity index (χ2v) is 6.28. The Kier molecular flexibility index (Phi) is 5.80. The highest BCUT2D eigenvalue weighted by Crippen LogP contribution is 2.17. The van der Waals surface area contributed by atoms with Crippen LogP contribution < -0.4 is 10.6 Å². The van der Waals surface area contributed by atoms with Gasteiger partial charge in [0.05, 0.1) is 0 Å². The van der Waals surface area contributed by atoms with E-state index in [2.05, 4.69) is 10.6 Å². The van der Waals surface area contributed by atoms with Gasteiger partial charge in [-0.05, 0) is 19.3 Å². The first kappa shape index (κ1) is 13.5. The van der Waals surface area contributed by atoms with Gasteiger partial charge in [0.25, 0.3) is 0 Å². The molecule has 1 aliphatic rings. The number of rotatable bonds is 5. The fraction of sp³-hybridized carbons (Fsp3) is 0.909. The second-order valence-electron chi connectivity index (χ2n) is 4.48. The summed E-state index contributed by atoms with van der Waals surface area (Å²) in [6.45, 7) is 2.53. The van der Waals surface area contributed by atoms with Crippen LogP contribution in [-0.2, 0) is 10.8 Å². The fourth-order valence-electron chi connectivity index (χ4n) is 1.86. The highest BCUT2D eigenvalue weighted by atomic mass is 32.2. The van der Waals surface area contributed by atoms with Crippen molar-refractivity contribution in [3.05, 3.63) is 0 Å². The third-order valence-corrected chi connectivity index (χ3v) is 4.46. The summed E-state index contributed by atoms with van der Waals surface area (Å²) in [6.07, 6.45) is 7.10. The molecule has 0 saturated heterocycles. The number of hydrogen-bond donors (Lipinski definition) is 2. The minimum atomic E-state index is -0.801. The molecule has 16 heavy (non-hydrogen) atoms. The van der Waals surface area contributed by atoms with Crippen LogP contribution in [0.1, 0.15) is 39.0 Å². The van der Waals surface area contributed by atoms with Crippen molar-refractivity contribution >= 4 is 16.8 Å². The van der Waals surface area contributed by atoms with E-state index < -0.39 is 10.8 Å². The number of carbonyl (C=O) groups excluding carboxylic acids is 1. The van der Waals surface area contributed by atoms with Crippen molar-refractivity contribution in [2.24, 2.45) is 0 Å². The lowest BCUT2D eigenvalue weighted by atomic mass is 10.2. The molecule has 0 spiro atoms. The van der Waals surface area contributed by atoms with Crippen molar-refractivity contribution in [1.82, 2.24) is 10.6 Å². The SMILES string of the molecule is CC(CCNC(=O)NC1CCCC1)S(C)=O. The van der Waals surface area contributed by atoms with Crippen molar-refractivity contribution in [2.45, 2.75) is 50.3 Å². The Labute approximate surface area is 100 Å². The molecular weight excluding hydrogens is 224 g/mol. The van der Waals surface area contributed by atoms with Gasteiger partial charge in [-0.3, -0.25) is 4.21 Å². The highest BCUT2D eigenvalue weighted by molar-refractivity contribution is 7.84. The largest absolute Gasteiger partial charge is 0.338 e. The molecular formula is C11H22N2O2S. The average Bonchev–Trinajstić information content (AvgIpc) is 2.70. The summed E-state index contributed by atoms with van der Waals surface area (Å²) >= 11 is 0. The molecule has 1 saturated carbocycles. The first-order valence-corrected chi connectivity index (χ1v) is 7.58. The van der Waals surface area contributed by atoms with E-state index in [4.69, 9.17) is 0 Å². The number of nitrogens with one attached hydrogen (secondary N) is 2. The van der Waals surface area contributed by atoms with Crippen molar-refractivity contribution < 1.29 is 9.00 Å². The number of carbonyl (C=O) groups is 1. The Bertz CT molecular complexity index is 252. The van der Waals surface area contributed by atoms with Gasteiger partial charge in [-0.2, -0.15) is 0 Å². The van der Waals surface area contributed by atoms with Crippen molar-refractivity contribution in [3.63, 3.8) is 0 Å². The molecule has 1 fully saturated rings. The lowest BCUT2D eigenvalue weighted by Crippen LogP contribution is -2.41. The number of hydrogen-bond acceptors (Lipinski definition) is 2. The molecule has 2 amide bonds. The van der Waals surface area contributed by atoms with Gasteiger partial charge in [-0.1, -0.05) is 19.8 Å². The summed E-state index contributed by atoms with van der Waals surface area (Å²) in [7, 11) is -0.801. The summed E-state index contributed by atoms with van der Waals surface area (Å²) in [6, 6.07) is 0.277. The quantitative estimate of drug-likeness (QED) is 0.770. The normalized spacial score (nSPS) is 20.4. The zero-order chi connectivity index (χ0) is 12.0. The number of urea groups is 1.